The highest BCUT2D eigenvalue weighted by Crippen LogP contribution is 2.35. The fraction of sp³-hybridized carbons (Fsp3) is 0.393. The number of nitriles is 1. The van der Waals surface area contributed by atoms with E-state index in [1.165, 1.54) is 18.2 Å². The molecule has 0 bridgehead atoms. The van der Waals surface area contributed by atoms with E-state index in [0.717, 1.165) is 24.2 Å². The number of carbonyl (C=O) groups excluding carboxylic acids is 2. The van der Waals surface area contributed by atoms with E-state index < -0.39 is 23.0 Å². The molecule has 2 aromatic rings. The Morgan fingerprint density at radius 2 is 1.84 bits per heavy atom. The van der Waals surface area contributed by atoms with Crippen LogP contribution in [0.2, 0.25) is 0 Å². The van der Waals surface area contributed by atoms with Crippen molar-refractivity contribution in [3.8, 4) is 6.07 Å². The van der Waals surface area contributed by atoms with E-state index in [-0.39, 0.29) is 24.1 Å². The van der Waals surface area contributed by atoms with Gasteiger partial charge in [0.05, 0.1) is 11.5 Å². The Kier molecular flexibility index (Phi) is 7.98. The number of likely N-dealkylation sites (tertiary alicyclic amines) is 1. The molecule has 0 aromatic heterocycles. The Morgan fingerprint density at radius 3 is 2.49 bits per heavy atom. The Balaban J connectivity index is 1.31. The molecule has 0 aliphatic carbocycles. The van der Waals surface area contributed by atoms with Crippen LogP contribution in [0.25, 0.3) is 0 Å². The minimum atomic E-state index is -1.03. The summed E-state index contributed by atoms with van der Waals surface area (Å²) in [7, 11) is 0. The molecule has 2 N–H and O–H groups in total. The van der Waals surface area contributed by atoms with Gasteiger partial charge in [0.25, 0.3) is 0 Å². The number of amides is 2. The van der Waals surface area contributed by atoms with Crippen LogP contribution in [0.3, 0.4) is 0 Å². The third-order valence-electron chi connectivity index (χ3n) is 7.32. The van der Waals surface area contributed by atoms with Gasteiger partial charge in [0.15, 0.2) is 11.6 Å². The van der Waals surface area contributed by atoms with Crippen LogP contribution in [-0.4, -0.2) is 42.9 Å². The van der Waals surface area contributed by atoms with Crippen molar-refractivity contribution in [2.24, 2.45) is 0 Å². The van der Waals surface area contributed by atoms with Crippen molar-refractivity contribution in [3.05, 3.63) is 82.3 Å². The number of hydrogen-bond donors (Lipinski definition) is 2. The molecule has 2 aliphatic heterocycles. The van der Waals surface area contributed by atoms with Crippen molar-refractivity contribution in [2.45, 2.75) is 43.9 Å². The topological polar surface area (TPSA) is 85.2 Å². The Bertz CT molecular complexity index is 1250. The molecule has 194 valence electrons. The molecule has 1 atom stereocenters. The van der Waals surface area contributed by atoms with Crippen molar-refractivity contribution >= 4 is 11.8 Å². The summed E-state index contributed by atoms with van der Waals surface area (Å²) >= 11 is 0. The van der Waals surface area contributed by atoms with Gasteiger partial charge in [-0.15, -0.1) is 0 Å². The van der Waals surface area contributed by atoms with E-state index in [0.29, 0.717) is 55.7 Å². The maximum atomic E-state index is 13.8. The van der Waals surface area contributed by atoms with Gasteiger partial charge in [-0.05, 0) is 81.2 Å². The van der Waals surface area contributed by atoms with Crippen LogP contribution in [0.4, 0.5) is 13.2 Å². The van der Waals surface area contributed by atoms with Crippen LogP contribution in [0.5, 0.6) is 0 Å². The van der Waals surface area contributed by atoms with Gasteiger partial charge >= 0.3 is 0 Å². The molecular formula is C28H29F3N4O2. The lowest BCUT2D eigenvalue weighted by Gasteiger charge is -2.37. The molecule has 4 rings (SSSR count). The molecule has 2 aromatic carbocycles. The number of nitrogens with one attached hydrogen (secondary N) is 2. The summed E-state index contributed by atoms with van der Waals surface area (Å²) in [6.07, 6.45) is 1.93. The van der Waals surface area contributed by atoms with Crippen molar-refractivity contribution in [3.63, 3.8) is 0 Å². The first-order valence-corrected chi connectivity index (χ1v) is 12.4. The largest absolute Gasteiger partial charge is 0.352 e. The van der Waals surface area contributed by atoms with Gasteiger partial charge in [-0.3, -0.25) is 9.59 Å². The third-order valence-corrected chi connectivity index (χ3v) is 7.32. The highest BCUT2D eigenvalue weighted by atomic mass is 19.2. The summed E-state index contributed by atoms with van der Waals surface area (Å²) in [5.74, 6) is -3.65. The molecule has 1 fully saturated rings. The van der Waals surface area contributed by atoms with Crippen LogP contribution in [0, 0.1) is 28.8 Å². The predicted octanol–water partition coefficient (Wildman–Crippen LogP) is 4.05. The monoisotopic (exact) mass is 510 g/mol. The zero-order chi connectivity index (χ0) is 26.6. The molecular weight excluding hydrogens is 481 g/mol. The van der Waals surface area contributed by atoms with Gasteiger partial charge in [-0.2, -0.15) is 5.26 Å². The molecule has 6 nitrogen and oxygen atoms in total. The van der Waals surface area contributed by atoms with Crippen LogP contribution in [0.15, 0.2) is 53.7 Å². The highest BCUT2D eigenvalue weighted by Gasteiger charge is 2.36. The zero-order valence-corrected chi connectivity index (χ0v) is 20.6. The first kappa shape index (κ1) is 26.4. The molecule has 2 amide bonds. The fourth-order valence-electron chi connectivity index (χ4n) is 5.21. The number of piperidine rings is 1. The Labute approximate surface area is 214 Å². The number of nitrogens with zero attached hydrogens (tertiary/aromatic N) is 2. The number of carbonyl (C=O) groups is 2. The maximum absolute atomic E-state index is 13.8. The van der Waals surface area contributed by atoms with E-state index in [4.69, 9.17) is 0 Å². The number of rotatable bonds is 7. The van der Waals surface area contributed by atoms with Crippen LogP contribution < -0.4 is 10.6 Å². The summed E-state index contributed by atoms with van der Waals surface area (Å²) in [6, 6.07) is 12.0. The summed E-state index contributed by atoms with van der Waals surface area (Å²) in [6.45, 7) is 4.18. The SMILES string of the molecule is CC1=C(C(=O)NCCCN2CCC(C#N)(c3ccc(F)cc3)CC2)[C@H](c2ccc(F)c(F)c2)CC(=O)N1. The number of hydrogen-bond acceptors (Lipinski definition) is 4. The van der Waals surface area contributed by atoms with E-state index in [2.05, 4.69) is 21.6 Å². The van der Waals surface area contributed by atoms with Gasteiger partial charge in [0.2, 0.25) is 11.8 Å². The lowest BCUT2D eigenvalue weighted by molar-refractivity contribution is -0.121. The first-order valence-electron chi connectivity index (χ1n) is 12.4. The Morgan fingerprint density at radius 1 is 1.14 bits per heavy atom. The van der Waals surface area contributed by atoms with Gasteiger partial charge in [-0.1, -0.05) is 18.2 Å². The molecule has 0 radical (unpaired) electrons. The van der Waals surface area contributed by atoms with Crippen molar-refractivity contribution in [1.82, 2.24) is 15.5 Å². The van der Waals surface area contributed by atoms with E-state index in [1.807, 2.05) is 0 Å². The fourth-order valence-corrected chi connectivity index (χ4v) is 5.21. The third kappa shape index (κ3) is 5.86. The first-order chi connectivity index (χ1) is 17.7. The second-order valence-electron chi connectivity index (χ2n) is 9.67. The van der Waals surface area contributed by atoms with Gasteiger partial charge in [0, 0.05) is 30.2 Å². The molecule has 9 heteroatoms. The average molecular weight is 511 g/mol. The second-order valence-corrected chi connectivity index (χ2v) is 9.67. The smallest absolute Gasteiger partial charge is 0.249 e. The molecule has 0 unspecified atom stereocenters. The lowest BCUT2D eigenvalue weighted by atomic mass is 9.74. The Hall–Kier alpha value is -3.64. The van der Waals surface area contributed by atoms with Crippen molar-refractivity contribution in [2.75, 3.05) is 26.2 Å². The molecule has 2 aliphatic rings. The van der Waals surface area contributed by atoms with Crippen LogP contribution in [0.1, 0.15) is 49.7 Å². The minimum Gasteiger partial charge on any atom is -0.352 e. The van der Waals surface area contributed by atoms with E-state index in [9.17, 15) is 28.0 Å². The highest BCUT2D eigenvalue weighted by molar-refractivity contribution is 5.99. The number of allylic oxidation sites excluding steroid dienone is 1. The molecule has 1 saturated heterocycles. The van der Waals surface area contributed by atoms with Crippen molar-refractivity contribution < 1.29 is 22.8 Å². The molecule has 2 heterocycles. The second kappa shape index (κ2) is 11.2. The quantitative estimate of drug-likeness (QED) is 0.551. The van der Waals surface area contributed by atoms with Crippen molar-refractivity contribution in [1.29, 1.82) is 5.26 Å². The normalized spacial score (nSPS) is 19.8. The predicted molar refractivity (Wildman–Crippen MR) is 132 cm³/mol. The number of halogens is 3. The standard InChI is InChI=1S/C28H29F3N4O2/c1-18-26(22(16-25(36)34-18)19-3-8-23(30)24(31)15-19)27(37)33-11-2-12-35-13-9-28(17-32,10-14-35)20-4-6-21(29)7-5-20/h3-8,15,22H,2,9-14,16H2,1H3,(H,33,37)(H,34,36)/t22-/m0/s1. The van der Waals surface area contributed by atoms with E-state index >= 15 is 0 Å². The number of benzene rings is 2. The molecule has 37 heavy (non-hydrogen) atoms. The minimum absolute atomic E-state index is 0.0341. The van der Waals surface area contributed by atoms with Gasteiger partial charge in [-0.25, -0.2) is 13.2 Å². The van der Waals surface area contributed by atoms with Crippen LogP contribution in [-0.2, 0) is 15.0 Å². The zero-order valence-electron chi connectivity index (χ0n) is 20.6. The van der Waals surface area contributed by atoms with E-state index in [1.54, 1.807) is 19.1 Å². The summed E-state index contributed by atoms with van der Waals surface area (Å²) in [5, 5.41) is 15.4. The van der Waals surface area contributed by atoms with Gasteiger partial charge in [0.1, 0.15) is 5.82 Å². The summed E-state index contributed by atoms with van der Waals surface area (Å²) in [5.41, 5.74) is 1.31. The average Bonchev–Trinajstić information content (AvgIpc) is 2.88. The summed E-state index contributed by atoms with van der Waals surface area (Å²) < 4.78 is 40.6. The molecule has 0 saturated carbocycles. The maximum Gasteiger partial charge on any atom is 0.249 e. The van der Waals surface area contributed by atoms with Crippen LogP contribution >= 0.6 is 0 Å². The lowest BCUT2D eigenvalue weighted by Crippen LogP contribution is -2.43. The van der Waals surface area contributed by atoms with Gasteiger partial charge < -0.3 is 15.5 Å². The summed E-state index contributed by atoms with van der Waals surface area (Å²) in [4.78, 5) is 27.4. The molecule has 0 spiro atoms.